The maximum Gasteiger partial charge on any atom is 0.350 e. The fourth-order valence-electron chi connectivity index (χ4n) is 0.136. The van der Waals surface area contributed by atoms with Crippen molar-refractivity contribution < 1.29 is 17.8 Å². The van der Waals surface area contributed by atoms with Crippen LogP contribution in [0.3, 0.4) is 0 Å². The molecule has 0 atom stereocenters. The summed E-state index contributed by atoms with van der Waals surface area (Å²) < 4.78 is 27.4. The van der Waals surface area contributed by atoms with Crippen molar-refractivity contribution in [1.29, 1.82) is 0 Å². The molecule has 0 fully saturated rings. The first-order valence-corrected chi connectivity index (χ1v) is 3.36. The number of rotatable bonds is 2. The molecular weight excluding hydrogens is 148 g/mol. The molecule has 7 heteroatoms. The number of nitrogens with one attached hydrogen (secondary N) is 2. The number of amides is 1. The monoisotopic (exact) mass is 154 g/mol. The minimum atomic E-state index is -4.30. The van der Waals surface area contributed by atoms with E-state index in [0.717, 1.165) is 6.92 Å². The lowest BCUT2D eigenvalue weighted by Gasteiger charge is -1.97. The molecule has 0 spiro atoms. The van der Waals surface area contributed by atoms with Crippen molar-refractivity contribution in [2.24, 2.45) is 0 Å². The lowest BCUT2D eigenvalue weighted by Crippen LogP contribution is -2.39. The van der Waals surface area contributed by atoms with Crippen LogP contribution >= 0.6 is 0 Å². The van der Waals surface area contributed by atoms with Crippen molar-refractivity contribution in [2.45, 2.75) is 6.92 Å². The van der Waals surface area contributed by atoms with Crippen molar-refractivity contribution in [3.63, 3.8) is 0 Å². The highest BCUT2D eigenvalue weighted by Crippen LogP contribution is 1.65. The summed E-state index contributed by atoms with van der Waals surface area (Å²) in [4.78, 5) is 11.3. The van der Waals surface area contributed by atoms with E-state index in [4.69, 9.17) is 4.55 Å². The molecule has 0 aromatic heterocycles. The Morgan fingerprint density at radius 2 is 2.00 bits per heavy atom. The molecule has 1 amide bonds. The first-order valence-electron chi connectivity index (χ1n) is 1.92. The summed E-state index contributed by atoms with van der Waals surface area (Å²) in [5, 5.41) is 0. The lowest BCUT2D eigenvalue weighted by atomic mass is 10.8. The Labute approximate surface area is 52.1 Å². The number of carbonyl (C=O) groups is 1. The first-order chi connectivity index (χ1) is 3.92. The molecule has 0 saturated carbocycles. The quantitative estimate of drug-likeness (QED) is 0.330. The minimum absolute atomic E-state index is 0.604. The van der Waals surface area contributed by atoms with Gasteiger partial charge in [-0.15, -0.1) is 4.83 Å². The molecule has 0 aliphatic heterocycles. The summed E-state index contributed by atoms with van der Waals surface area (Å²) in [7, 11) is -4.30. The fourth-order valence-corrected chi connectivity index (χ4v) is 0.409. The van der Waals surface area contributed by atoms with Gasteiger partial charge in [-0.1, -0.05) is 0 Å². The smallest absolute Gasteiger partial charge is 0.276 e. The SMILES string of the molecule is CC(=O)NNS(=O)(=O)O. The molecule has 54 valence electrons. The van der Waals surface area contributed by atoms with E-state index in [0.29, 0.717) is 0 Å². The van der Waals surface area contributed by atoms with Crippen LogP contribution in [0, 0.1) is 0 Å². The zero-order valence-electron chi connectivity index (χ0n) is 4.58. The molecule has 6 nitrogen and oxygen atoms in total. The Balaban J connectivity index is 3.67. The van der Waals surface area contributed by atoms with Crippen molar-refractivity contribution in [3.8, 4) is 0 Å². The third kappa shape index (κ3) is 7.34. The van der Waals surface area contributed by atoms with Gasteiger partial charge in [-0.25, -0.2) is 0 Å². The second-order valence-electron chi connectivity index (χ2n) is 1.26. The van der Waals surface area contributed by atoms with Gasteiger partial charge in [-0.2, -0.15) is 8.42 Å². The molecular formula is C2H6N2O4S. The number of carbonyl (C=O) groups excluding carboxylic acids is 1. The molecule has 3 N–H and O–H groups in total. The van der Waals surface area contributed by atoms with Crippen LogP contribution in [0.15, 0.2) is 0 Å². The van der Waals surface area contributed by atoms with Gasteiger partial charge in [0.15, 0.2) is 0 Å². The Kier molecular flexibility index (Phi) is 2.56. The predicted molar refractivity (Wildman–Crippen MR) is 28.5 cm³/mol. The molecule has 0 aliphatic rings. The molecule has 0 aliphatic carbocycles. The normalized spacial score (nSPS) is 10.9. The number of hydrogen-bond donors (Lipinski definition) is 3. The van der Waals surface area contributed by atoms with E-state index >= 15 is 0 Å². The van der Waals surface area contributed by atoms with Gasteiger partial charge in [-0.3, -0.25) is 14.8 Å². The van der Waals surface area contributed by atoms with Gasteiger partial charge in [0, 0.05) is 6.92 Å². The average molecular weight is 154 g/mol. The van der Waals surface area contributed by atoms with E-state index < -0.39 is 16.2 Å². The van der Waals surface area contributed by atoms with Gasteiger partial charge < -0.3 is 0 Å². The van der Waals surface area contributed by atoms with Crippen LogP contribution in [-0.2, 0) is 15.1 Å². The summed E-state index contributed by atoms with van der Waals surface area (Å²) in [5.74, 6) is -0.604. The van der Waals surface area contributed by atoms with Crippen LogP contribution in [0.1, 0.15) is 6.92 Å². The van der Waals surface area contributed by atoms with Crippen molar-refractivity contribution in [3.05, 3.63) is 0 Å². The molecule has 0 heterocycles. The van der Waals surface area contributed by atoms with E-state index in [1.54, 1.807) is 5.43 Å². The fraction of sp³-hybridized carbons (Fsp3) is 0.500. The van der Waals surface area contributed by atoms with Gasteiger partial charge in [0.25, 0.3) is 0 Å². The summed E-state index contributed by atoms with van der Waals surface area (Å²) in [6, 6.07) is 0. The second kappa shape index (κ2) is 2.76. The molecule has 0 rings (SSSR count). The summed E-state index contributed by atoms with van der Waals surface area (Å²) in [6.45, 7) is 1.10. The topological polar surface area (TPSA) is 95.5 Å². The van der Waals surface area contributed by atoms with Crippen LogP contribution < -0.4 is 10.3 Å². The van der Waals surface area contributed by atoms with Crippen molar-refractivity contribution in [2.75, 3.05) is 0 Å². The summed E-state index contributed by atoms with van der Waals surface area (Å²) >= 11 is 0. The van der Waals surface area contributed by atoms with Gasteiger partial charge >= 0.3 is 10.3 Å². The molecule has 0 unspecified atom stereocenters. The Morgan fingerprint density at radius 1 is 1.56 bits per heavy atom. The standard InChI is InChI=1S/C2H6N2O4S/c1-2(5)3-4-9(6,7)8/h4H,1H3,(H,3,5)(H,6,7,8). The highest BCUT2D eigenvalue weighted by atomic mass is 32.2. The Bertz CT molecular complexity index is 195. The largest absolute Gasteiger partial charge is 0.350 e. The summed E-state index contributed by atoms with van der Waals surface area (Å²) in [5.41, 5.74) is 1.66. The zero-order valence-corrected chi connectivity index (χ0v) is 5.40. The van der Waals surface area contributed by atoms with Crippen LogP contribution in [0.25, 0.3) is 0 Å². The predicted octanol–water partition coefficient (Wildman–Crippen LogP) is -1.57. The average Bonchev–Trinajstić information content (AvgIpc) is 1.59. The van der Waals surface area contributed by atoms with Gasteiger partial charge in [0.1, 0.15) is 0 Å². The molecule has 0 radical (unpaired) electrons. The number of hydrazine groups is 1. The van der Waals surface area contributed by atoms with Crippen LogP contribution in [0.5, 0.6) is 0 Å². The third-order valence-electron chi connectivity index (χ3n) is 0.356. The molecule has 0 aromatic rings. The van der Waals surface area contributed by atoms with Gasteiger partial charge in [-0.05, 0) is 0 Å². The Hall–Kier alpha value is -0.660. The van der Waals surface area contributed by atoms with Crippen LogP contribution in [0.2, 0.25) is 0 Å². The highest BCUT2D eigenvalue weighted by molar-refractivity contribution is 7.83. The zero-order chi connectivity index (χ0) is 7.49. The third-order valence-corrected chi connectivity index (χ3v) is 0.716. The molecule has 0 bridgehead atoms. The van der Waals surface area contributed by atoms with Crippen molar-refractivity contribution in [1.82, 2.24) is 10.3 Å². The number of hydrogen-bond acceptors (Lipinski definition) is 3. The Morgan fingerprint density at radius 3 is 2.11 bits per heavy atom. The van der Waals surface area contributed by atoms with E-state index in [2.05, 4.69) is 0 Å². The molecule has 0 saturated heterocycles. The van der Waals surface area contributed by atoms with E-state index in [1.165, 1.54) is 4.83 Å². The van der Waals surface area contributed by atoms with E-state index in [-0.39, 0.29) is 0 Å². The van der Waals surface area contributed by atoms with E-state index in [1.807, 2.05) is 0 Å². The van der Waals surface area contributed by atoms with Gasteiger partial charge in [0.05, 0.1) is 0 Å². The minimum Gasteiger partial charge on any atom is -0.276 e. The van der Waals surface area contributed by atoms with E-state index in [9.17, 15) is 13.2 Å². The maximum atomic E-state index is 9.94. The molecule has 0 aromatic carbocycles. The lowest BCUT2D eigenvalue weighted by molar-refractivity contribution is -0.119. The first kappa shape index (κ1) is 8.34. The van der Waals surface area contributed by atoms with Crippen LogP contribution in [-0.4, -0.2) is 18.9 Å². The summed E-state index contributed by atoms with van der Waals surface area (Å²) in [6.07, 6.45) is 0. The highest BCUT2D eigenvalue weighted by Gasteiger charge is 2.00. The molecule has 9 heavy (non-hydrogen) atoms. The van der Waals surface area contributed by atoms with Gasteiger partial charge in [0.2, 0.25) is 5.91 Å². The second-order valence-corrected chi connectivity index (χ2v) is 2.41. The van der Waals surface area contributed by atoms with Crippen LogP contribution in [0.4, 0.5) is 0 Å². The maximum absolute atomic E-state index is 9.94. The van der Waals surface area contributed by atoms with Crippen molar-refractivity contribution >= 4 is 16.2 Å².